The molecule has 1 rings (SSSR count). The Labute approximate surface area is 104 Å². The number of benzene rings is 1. The minimum Gasteiger partial charge on any atom is -0.393 e. The van der Waals surface area contributed by atoms with Crippen LogP contribution in [0.15, 0.2) is 18.2 Å². The molecule has 2 nitrogen and oxygen atoms in total. The molecule has 1 aromatic carbocycles. The van der Waals surface area contributed by atoms with Crippen LogP contribution in [0.5, 0.6) is 0 Å². The minimum atomic E-state index is -3.86. The van der Waals surface area contributed by atoms with E-state index >= 15 is 0 Å². The van der Waals surface area contributed by atoms with Crippen molar-refractivity contribution < 1.29 is 23.4 Å². The maximum Gasteiger partial charge on any atom is 0.306 e. The molecule has 0 fully saturated rings. The van der Waals surface area contributed by atoms with Crippen molar-refractivity contribution in [3.05, 3.63) is 35.1 Å². The Bertz CT molecular complexity index is 428. The fourth-order valence-corrected chi connectivity index (χ4v) is 1.63. The van der Waals surface area contributed by atoms with Crippen LogP contribution >= 0.6 is 0 Å². The van der Waals surface area contributed by atoms with Gasteiger partial charge in [0.1, 0.15) is 5.82 Å². The van der Waals surface area contributed by atoms with Crippen molar-refractivity contribution in [1.29, 1.82) is 0 Å². The zero-order chi connectivity index (χ0) is 14.1. The van der Waals surface area contributed by atoms with Gasteiger partial charge < -0.3 is 10.2 Å². The number of aliphatic hydroxyl groups excluding tert-OH is 1. The first-order valence-electron chi connectivity index (χ1n) is 5.65. The van der Waals surface area contributed by atoms with Crippen molar-refractivity contribution in [2.75, 3.05) is 6.61 Å². The molecular formula is C13H17F3O2. The second kappa shape index (κ2) is 4.90. The largest absolute Gasteiger partial charge is 0.393 e. The van der Waals surface area contributed by atoms with Crippen LogP contribution in [0.1, 0.15) is 37.8 Å². The van der Waals surface area contributed by atoms with Crippen LogP contribution < -0.4 is 0 Å². The second-order valence-electron chi connectivity index (χ2n) is 4.87. The molecule has 18 heavy (non-hydrogen) atoms. The van der Waals surface area contributed by atoms with Crippen LogP contribution in [0.25, 0.3) is 0 Å². The SMILES string of the molecule is CC(C)c1cccc(C(F)(F)[C@](C)(O)CO)c1F. The van der Waals surface area contributed by atoms with E-state index in [1.165, 1.54) is 12.1 Å². The highest BCUT2D eigenvalue weighted by Gasteiger charge is 2.51. The van der Waals surface area contributed by atoms with Gasteiger partial charge in [0.2, 0.25) is 0 Å². The van der Waals surface area contributed by atoms with Crippen molar-refractivity contribution >= 4 is 0 Å². The molecule has 0 radical (unpaired) electrons. The van der Waals surface area contributed by atoms with Gasteiger partial charge in [0.25, 0.3) is 0 Å². The third kappa shape index (κ3) is 2.37. The maximum atomic E-state index is 14.0. The molecule has 2 N–H and O–H groups in total. The van der Waals surface area contributed by atoms with Gasteiger partial charge in [-0.2, -0.15) is 8.78 Å². The molecule has 0 aliphatic heterocycles. The molecule has 0 saturated heterocycles. The molecule has 0 heterocycles. The third-order valence-electron chi connectivity index (χ3n) is 2.97. The number of rotatable bonds is 4. The lowest BCUT2D eigenvalue weighted by Crippen LogP contribution is -2.47. The normalized spacial score (nSPS) is 15.8. The van der Waals surface area contributed by atoms with Crippen molar-refractivity contribution in [2.45, 2.75) is 38.2 Å². The van der Waals surface area contributed by atoms with E-state index < -0.39 is 29.5 Å². The molecule has 1 aromatic rings. The lowest BCUT2D eigenvalue weighted by atomic mass is 9.89. The van der Waals surface area contributed by atoms with Gasteiger partial charge in [-0.25, -0.2) is 4.39 Å². The molecule has 0 aliphatic carbocycles. The number of hydrogen-bond donors (Lipinski definition) is 2. The summed E-state index contributed by atoms with van der Waals surface area (Å²) in [5.41, 5.74) is -3.45. The fraction of sp³-hybridized carbons (Fsp3) is 0.538. The predicted molar refractivity (Wildman–Crippen MR) is 62.1 cm³/mol. The monoisotopic (exact) mass is 262 g/mol. The average Bonchev–Trinajstić information content (AvgIpc) is 2.28. The number of alkyl halides is 2. The first kappa shape index (κ1) is 15.0. The predicted octanol–water partition coefficient (Wildman–Crippen LogP) is 2.78. The van der Waals surface area contributed by atoms with E-state index in [0.29, 0.717) is 0 Å². The fourth-order valence-electron chi connectivity index (χ4n) is 1.63. The smallest absolute Gasteiger partial charge is 0.306 e. The summed E-state index contributed by atoms with van der Waals surface area (Å²) >= 11 is 0. The Hall–Kier alpha value is -1.07. The highest BCUT2D eigenvalue weighted by Crippen LogP contribution is 2.41. The van der Waals surface area contributed by atoms with Crippen LogP contribution in [-0.4, -0.2) is 22.4 Å². The van der Waals surface area contributed by atoms with Crippen LogP contribution in [0.4, 0.5) is 13.2 Å². The van der Waals surface area contributed by atoms with E-state index in [1.807, 2.05) is 0 Å². The van der Waals surface area contributed by atoms with Gasteiger partial charge in [0.15, 0.2) is 5.60 Å². The van der Waals surface area contributed by atoms with Gasteiger partial charge >= 0.3 is 5.92 Å². The summed E-state index contributed by atoms with van der Waals surface area (Å²) in [4.78, 5) is 0. The standard InChI is InChI=1S/C13H17F3O2/c1-8(2)9-5-4-6-10(11(9)14)13(15,16)12(3,18)7-17/h4-6,8,17-18H,7H2,1-3H3/t12-/m1/s1. The number of aliphatic hydroxyl groups is 2. The maximum absolute atomic E-state index is 14.0. The Morgan fingerprint density at radius 3 is 2.28 bits per heavy atom. The van der Waals surface area contributed by atoms with E-state index in [9.17, 15) is 18.3 Å². The van der Waals surface area contributed by atoms with Gasteiger partial charge in [-0.1, -0.05) is 26.0 Å². The number of hydrogen-bond acceptors (Lipinski definition) is 2. The van der Waals surface area contributed by atoms with E-state index in [0.717, 1.165) is 13.0 Å². The number of halogens is 3. The summed E-state index contributed by atoms with van der Waals surface area (Å²) in [6.45, 7) is 2.98. The molecule has 1 atom stereocenters. The van der Waals surface area contributed by atoms with Crippen LogP contribution in [0.2, 0.25) is 0 Å². The molecular weight excluding hydrogens is 245 g/mol. The second-order valence-corrected chi connectivity index (χ2v) is 4.87. The molecule has 0 amide bonds. The Morgan fingerprint density at radius 2 is 1.83 bits per heavy atom. The topological polar surface area (TPSA) is 40.5 Å². The Morgan fingerprint density at radius 1 is 1.28 bits per heavy atom. The molecule has 0 aromatic heterocycles. The quantitative estimate of drug-likeness (QED) is 0.876. The van der Waals surface area contributed by atoms with Gasteiger partial charge in [0.05, 0.1) is 12.2 Å². The molecule has 102 valence electrons. The zero-order valence-electron chi connectivity index (χ0n) is 10.5. The minimum absolute atomic E-state index is 0.154. The van der Waals surface area contributed by atoms with Gasteiger partial charge in [-0.15, -0.1) is 0 Å². The lowest BCUT2D eigenvalue weighted by Gasteiger charge is -2.31. The summed E-state index contributed by atoms with van der Waals surface area (Å²) < 4.78 is 42.0. The molecule has 0 saturated carbocycles. The van der Waals surface area contributed by atoms with Crippen LogP contribution in [-0.2, 0) is 5.92 Å². The molecule has 0 bridgehead atoms. The summed E-state index contributed by atoms with van der Waals surface area (Å²) in [5, 5.41) is 18.3. The van der Waals surface area contributed by atoms with Gasteiger partial charge in [-0.05, 0) is 24.5 Å². The first-order chi connectivity index (χ1) is 8.15. The van der Waals surface area contributed by atoms with Gasteiger partial charge in [0, 0.05) is 0 Å². The molecule has 0 spiro atoms. The third-order valence-corrected chi connectivity index (χ3v) is 2.97. The lowest BCUT2D eigenvalue weighted by molar-refractivity contribution is -0.197. The van der Waals surface area contributed by atoms with Crippen LogP contribution in [0, 0.1) is 5.82 Å². The molecule has 5 heteroatoms. The van der Waals surface area contributed by atoms with E-state index in [2.05, 4.69) is 0 Å². The van der Waals surface area contributed by atoms with Crippen LogP contribution in [0.3, 0.4) is 0 Å². The first-order valence-corrected chi connectivity index (χ1v) is 5.65. The highest BCUT2D eigenvalue weighted by molar-refractivity contribution is 5.32. The van der Waals surface area contributed by atoms with Crippen molar-refractivity contribution in [2.24, 2.45) is 0 Å². The van der Waals surface area contributed by atoms with Gasteiger partial charge in [-0.3, -0.25) is 0 Å². The molecule has 0 unspecified atom stereocenters. The van der Waals surface area contributed by atoms with Crippen molar-refractivity contribution in [3.63, 3.8) is 0 Å². The summed E-state index contributed by atoms with van der Waals surface area (Å²) in [6, 6.07) is 3.66. The Balaban J connectivity index is 3.38. The summed E-state index contributed by atoms with van der Waals surface area (Å²) in [7, 11) is 0. The summed E-state index contributed by atoms with van der Waals surface area (Å²) in [6.07, 6.45) is 0. The van der Waals surface area contributed by atoms with E-state index in [1.54, 1.807) is 13.8 Å². The summed E-state index contributed by atoms with van der Waals surface area (Å²) in [5.74, 6) is -5.15. The average molecular weight is 262 g/mol. The molecule has 0 aliphatic rings. The van der Waals surface area contributed by atoms with Crippen molar-refractivity contribution in [1.82, 2.24) is 0 Å². The zero-order valence-corrected chi connectivity index (χ0v) is 10.5. The van der Waals surface area contributed by atoms with E-state index in [4.69, 9.17) is 5.11 Å². The van der Waals surface area contributed by atoms with E-state index in [-0.39, 0.29) is 11.5 Å². The van der Waals surface area contributed by atoms with Crippen molar-refractivity contribution in [3.8, 4) is 0 Å². The Kier molecular flexibility index (Phi) is 4.08. The highest BCUT2D eigenvalue weighted by atomic mass is 19.3.